The van der Waals surface area contributed by atoms with E-state index in [1.54, 1.807) is 0 Å². The Bertz CT molecular complexity index is 763. The first kappa shape index (κ1) is 12.8. The number of aromatic nitrogens is 2. The average molecular weight is 288 g/mol. The second-order valence-electron chi connectivity index (χ2n) is 5.34. The van der Waals surface area contributed by atoms with E-state index >= 15 is 0 Å². The summed E-state index contributed by atoms with van der Waals surface area (Å²) in [6.07, 6.45) is 5.65. The minimum Gasteiger partial charge on any atom is -0.326 e. The highest BCUT2D eigenvalue weighted by molar-refractivity contribution is 6.04. The molecule has 108 valence electrons. The SMILES string of the molecule is c1ccc(C2=NN[C@H](c3ccccc3)[C@H]2n2ccnc2)cc1. The maximum Gasteiger partial charge on any atom is 0.105 e. The Morgan fingerprint density at radius 2 is 1.64 bits per heavy atom. The molecular weight excluding hydrogens is 272 g/mol. The second-order valence-corrected chi connectivity index (χ2v) is 5.34. The van der Waals surface area contributed by atoms with Crippen molar-refractivity contribution in [3.63, 3.8) is 0 Å². The van der Waals surface area contributed by atoms with E-state index < -0.39 is 0 Å². The second kappa shape index (κ2) is 5.48. The van der Waals surface area contributed by atoms with Gasteiger partial charge in [-0.2, -0.15) is 5.10 Å². The Morgan fingerprint density at radius 3 is 2.32 bits per heavy atom. The van der Waals surface area contributed by atoms with E-state index in [-0.39, 0.29) is 12.1 Å². The fourth-order valence-corrected chi connectivity index (χ4v) is 2.94. The molecule has 0 bridgehead atoms. The van der Waals surface area contributed by atoms with Crippen LogP contribution < -0.4 is 5.43 Å². The number of rotatable bonds is 3. The molecule has 4 rings (SSSR count). The van der Waals surface area contributed by atoms with Crippen molar-refractivity contribution in [2.75, 3.05) is 0 Å². The molecule has 2 atom stereocenters. The molecule has 2 heterocycles. The monoisotopic (exact) mass is 288 g/mol. The van der Waals surface area contributed by atoms with E-state index in [9.17, 15) is 0 Å². The van der Waals surface area contributed by atoms with E-state index in [1.165, 1.54) is 5.56 Å². The Hall–Kier alpha value is -2.88. The van der Waals surface area contributed by atoms with Crippen LogP contribution in [0.4, 0.5) is 0 Å². The van der Waals surface area contributed by atoms with Crippen LogP contribution in [0, 0.1) is 0 Å². The lowest BCUT2D eigenvalue weighted by atomic mass is 9.93. The summed E-state index contributed by atoms with van der Waals surface area (Å²) in [5, 5.41) is 4.62. The number of benzene rings is 2. The zero-order valence-corrected chi connectivity index (χ0v) is 12.0. The number of imidazole rings is 1. The van der Waals surface area contributed by atoms with Gasteiger partial charge in [0, 0.05) is 12.4 Å². The number of nitrogens with one attached hydrogen (secondary N) is 1. The van der Waals surface area contributed by atoms with Crippen molar-refractivity contribution < 1.29 is 0 Å². The van der Waals surface area contributed by atoms with Crippen molar-refractivity contribution in [2.45, 2.75) is 12.1 Å². The predicted octanol–water partition coefficient (Wildman–Crippen LogP) is 3.17. The third-order valence-corrected chi connectivity index (χ3v) is 3.99. The summed E-state index contributed by atoms with van der Waals surface area (Å²) in [7, 11) is 0. The van der Waals surface area contributed by atoms with Crippen molar-refractivity contribution in [2.24, 2.45) is 5.10 Å². The minimum atomic E-state index is 0.0901. The highest BCUT2D eigenvalue weighted by Gasteiger charge is 2.34. The molecule has 1 aliphatic rings. The zero-order chi connectivity index (χ0) is 14.8. The molecule has 0 spiro atoms. The van der Waals surface area contributed by atoms with E-state index in [0.29, 0.717) is 0 Å². The largest absolute Gasteiger partial charge is 0.326 e. The van der Waals surface area contributed by atoms with Gasteiger partial charge in [0.2, 0.25) is 0 Å². The van der Waals surface area contributed by atoms with Gasteiger partial charge in [-0.1, -0.05) is 60.7 Å². The quantitative estimate of drug-likeness (QED) is 0.804. The molecule has 3 aromatic rings. The van der Waals surface area contributed by atoms with Crippen molar-refractivity contribution >= 4 is 5.71 Å². The highest BCUT2D eigenvalue weighted by Crippen LogP contribution is 2.34. The molecule has 2 aromatic carbocycles. The van der Waals surface area contributed by atoms with Crippen LogP contribution in [-0.4, -0.2) is 15.3 Å². The van der Waals surface area contributed by atoms with Gasteiger partial charge in [-0.05, 0) is 11.1 Å². The van der Waals surface area contributed by atoms with E-state index in [4.69, 9.17) is 0 Å². The van der Waals surface area contributed by atoms with Crippen molar-refractivity contribution in [3.8, 4) is 0 Å². The normalized spacial score (nSPS) is 20.5. The highest BCUT2D eigenvalue weighted by atomic mass is 15.4. The maximum atomic E-state index is 4.62. The van der Waals surface area contributed by atoms with Crippen molar-refractivity contribution in [3.05, 3.63) is 90.5 Å². The lowest BCUT2D eigenvalue weighted by Crippen LogP contribution is -2.25. The Morgan fingerprint density at radius 1 is 0.909 bits per heavy atom. The topological polar surface area (TPSA) is 42.2 Å². The summed E-state index contributed by atoms with van der Waals surface area (Å²) in [6.45, 7) is 0. The van der Waals surface area contributed by atoms with Crippen molar-refractivity contribution in [1.82, 2.24) is 15.0 Å². The van der Waals surface area contributed by atoms with Crippen LogP contribution >= 0.6 is 0 Å². The summed E-state index contributed by atoms with van der Waals surface area (Å²) in [6, 6.07) is 20.9. The van der Waals surface area contributed by atoms with Gasteiger partial charge in [0.1, 0.15) is 6.04 Å². The van der Waals surface area contributed by atoms with Crippen LogP contribution in [-0.2, 0) is 0 Å². The number of nitrogens with zero attached hydrogens (tertiary/aromatic N) is 3. The van der Waals surface area contributed by atoms with Gasteiger partial charge in [0.05, 0.1) is 18.1 Å². The first-order chi connectivity index (χ1) is 10.9. The molecule has 0 unspecified atom stereocenters. The number of hydrogen-bond donors (Lipinski definition) is 1. The van der Waals surface area contributed by atoms with E-state index in [0.717, 1.165) is 11.3 Å². The molecule has 0 saturated heterocycles. The average Bonchev–Trinajstić information content (AvgIpc) is 3.25. The van der Waals surface area contributed by atoms with Crippen LogP contribution in [0.3, 0.4) is 0 Å². The fraction of sp³-hybridized carbons (Fsp3) is 0.111. The minimum absolute atomic E-state index is 0.0901. The fourth-order valence-electron chi connectivity index (χ4n) is 2.94. The van der Waals surface area contributed by atoms with Crippen LogP contribution in [0.2, 0.25) is 0 Å². The van der Waals surface area contributed by atoms with E-state index in [2.05, 4.69) is 56.5 Å². The number of hydrazone groups is 1. The van der Waals surface area contributed by atoms with Crippen molar-refractivity contribution in [1.29, 1.82) is 0 Å². The molecule has 1 N–H and O–H groups in total. The Kier molecular flexibility index (Phi) is 3.20. The number of hydrogen-bond acceptors (Lipinski definition) is 3. The molecule has 0 radical (unpaired) electrons. The van der Waals surface area contributed by atoms with Gasteiger partial charge < -0.3 is 4.57 Å². The standard InChI is InChI=1S/C18H16N4/c1-3-7-14(8-4-1)16-18(22-12-11-19-13-22)17(21-20-16)15-9-5-2-6-10-15/h1-13,16,18,20H/t16-,18-/m1/s1. The maximum absolute atomic E-state index is 4.62. The first-order valence-corrected chi connectivity index (χ1v) is 7.34. The summed E-state index contributed by atoms with van der Waals surface area (Å²) in [5.74, 6) is 0. The molecule has 0 aliphatic carbocycles. The van der Waals surface area contributed by atoms with Gasteiger partial charge in [0.25, 0.3) is 0 Å². The van der Waals surface area contributed by atoms with Gasteiger partial charge >= 0.3 is 0 Å². The van der Waals surface area contributed by atoms with Gasteiger partial charge in [-0.15, -0.1) is 0 Å². The van der Waals surface area contributed by atoms with E-state index in [1.807, 2.05) is 43.0 Å². The summed E-state index contributed by atoms with van der Waals surface area (Å²) in [5.41, 5.74) is 6.68. The van der Waals surface area contributed by atoms with Crippen LogP contribution in [0.1, 0.15) is 23.2 Å². The van der Waals surface area contributed by atoms with Gasteiger partial charge in [-0.25, -0.2) is 4.98 Å². The third-order valence-electron chi connectivity index (χ3n) is 3.99. The third kappa shape index (κ3) is 2.19. The molecule has 0 amide bonds. The molecule has 1 aliphatic heterocycles. The van der Waals surface area contributed by atoms with Gasteiger partial charge in [0.15, 0.2) is 0 Å². The molecule has 4 nitrogen and oxygen atoms in total. The lowest BCUT2D eigenvalue weighted by Gasteiger charge is -2.22. The van der Waals surface area contributed by atoms with Gasteiger partial charge in [-0.3, -0.25) is 5.43 Å². The summed E-state index contributed by atoms with van der Waals surface area (Å²) >= 11 is 0. The molecule has 4 heteroatoms. The lowest BCUT2D eigenvalue weighted by molar-refractivity contribution is 0.481. The molecule has 0 saturated carbocycles. The van der Waals surface area contributed by atoms with Crippen LogP contribution in [0.25, 0.3) is 0 Å². The summed E-state index contributed by atoms with van der Waals surface area (Å²) in [4.78, 5) is 4.20. The van der Waals surface area contributed by atoms with Crippen LogP contribution in [0.5, 0.6) is 0 Å². The molecule has 0 fully saturated rings. The molecule has 22 heavy (non-hydrogen) atoms. The summed E-state index contributed by atoms with van der Waals surface area (Å²) < 4.78 is 2.11. The Labute approximate surface area is 129 Å². The zero-order valence-electron chi connectivity index (χ0n) is 12.0. The Balaban J connectivity index is 1.77. The molecule has 1 aromatic heterocycles. The predicted molar refractivity (Wildman–Crippen MR) is 86.6 cm³/mol. The first-order valence-electron chi connectivity index (χ1n) is 7.34. The molecular formula is C18H16N4. The smallest absolute Gasteiger partial charge is 0.105 e. The van der Waals surface area contributed by atoms with Crippen LogP contribution in [0.15, 0.2) is 84.5 Å².